The fraction of sp³-hybridized carbons (Fsp3) is 0.158. The lowest BCUT2D eigenvalue weighted by atomic mass is 10.0. The topological polar surface area (TPSA) is 46.6 Å². The summed E-state index contributed by atoms with van der Waals surface area (Å²) in [6.07, 6.45) is 0. The standard InChI is InChI=1S/C19H17NO3/c1-3-23-18(14-9-5-4-6-10-14)17-15-11-7-8-12-16(15)20(13(2)21)19(17)22/h4-12H,3H2,1-2H3/b18-17-. The predicted octanol–water partition coefficient (Wildman–Crippen LogP) is 3.48. The molecule has 0 fully saturated rings. The molecule has 4 nitrogen and oxygen atoms in total. The zero-order valence-corrected chi connectivity index (χ0v) is 13.1. The zero-order chi connectivity index (χ0) is 16.4. The Balaban J connectivity index is 2.27. The summed E-state index contributed by atoms with van der Waals surface area (Å²) < 4.78 is 5.79. The van der Waals surface area contributed by atoms with Crippen LogP contribution in [0.1, 0.15) is 25.0 Å². The van der Waals surface area contributed by atoms with Crippen molar-refractivity contribution in [1.29, 1.82) is 0 Å². The van der Waals surface area contributed by atoms with E-state index < -0.39 is 0 Å². The fourth-order valence-corrected chi connectivity index (χ4v) is 2.78. The Morgan fingerprint density at radius 3 is 2.35 bits per heavy atom. The van der Waals surface area contributed by atoms with E-state index >= 15 is 0 Å². The van der Waals surface area contributed by atoms with Crippen molar-refractivity contribution < 1.29 is 14.3 Å². The first-order valence-electron chi connectivity index (χ1n) is 7.52. The Morgan fingerprint density at radius 2 is 1.70 bits per heavy atom. The van der Waals surface area contributed by atoms with Crippen molar-refractivity contribution in [3.05, 3.63) is 65.7 Å². The molecule has 0 aromatic heterocycles. The van der Waals surface area contributed by atoms with Gasteiger partial charge in [0.2, 0.25) is 5.91 Å². The van der Waals surface area contributed by atoms with Crippen molar-refractivity contribution >= 4 is 28.8 Å². The van der Waals surface area contributed by atoms with Crippen LogP contribution < -0.4 is 4.90 Å². The van der Waals surface area contributed by atoms with Crippen molar-refractivity contribution in [2.24, 2.45) is 0 Å². The summed E-state index contributed by atoms with van der Waals surface area (Å²) in [6.45, 7) is 3.70. The molecule has 2 amide bonds. The van der Waals surface area contributed by atoms with Gasteiger partial charge in [-0.15, -0.1) is 0 Å². The minimum absolute atomic E-state index is 0.304. The minimum atomic E-state index is -0.342. The molecule has 0 radical (unpaired) electrons. The number of fused-ring (bicyclic) bond motifs is 1. The molecule has 0 atom stereocenters. The average Bonchev–Trinajstić information content (AvgIpc) is 2.85. The first-order chi connectivity index (χ1) is 11.1. The van der Waals surface area contributed by atoms with Gasteiger partial charge < -0.3 is 4.74 Å². The van der Waals surface area contributed by atoms with Crippen molar-refractivity contribution in [1.82, 2.24) is 0 Å². The molecule has 0 unspecified atom stereocenters. The van der Waals surface area contributed by atoms with Crippen LogP contribution in [0.25, 0.3) is 11.3 Å². The number of benzene rings is 2. The van der Waals surface area contributed by atoms with Crippen LogP contribution >= 0.6 is 0 Å². The van der Waals surface area contributed by atoms with E-state index in [2.05, 4.69) is 0 Å². The fourth-order valence-electron chi connectivity index (χ4n) is 2.78. The van der Waals surface area contributed by atoms with Gasteiger partial charge in [0.15, 0.2) is 0 Å². The molecule has 1 aliphatic heterocycles. The number of anilines is 1. The molecule has 0 saturated carbocycles. The molecule has 4 heteroatoms. The average molecular weight is 307 g/mol. The van der Waals surface area contributed by atoms with E-state index in [1.54, 1.807) is 6.07 Å². The number of amides is 2. The third-order valence-corrected chi connectivity index (χ3v) is 3.70. The first kappa shape index (κ1) is 15.0. The number of hydrogen-bond donors (Lipinski definition) is 0. The molecule has 0 N–H and O–H groups in total. The van der Waals surface area contributed by atoms with Crippen LogP contribution in [0.15, 0.2) is 54.6 Å². The van der Waals surface area contributed by atoms with Crippen molar-refractivity contribution in [2.75, 3.05) is 11.5 Å². The number of hydrogen-bond acceptors (Lipinski definition) is 3. The lowest BCUT2D eigenvalue weighted by molar-refractivity contribution is -0.122. The molecule has 2 aromatic rings. The van der Waals surface area contributed by atoms with Crippen LogP contribution in [-0.2, 0) is 14.3 Å². The Morgan fingerprint density at radius 1 is 1.04 bits per heavy atom. The van der Waals surface area contributed by atoms with Gasteiger partial charge in [0, 0.05) is 18.1 Å². The molecule has 2 aromatic carbocycles. The lowest BCUT2D eigenvalue weighted by Gasteiger charge is -2.13. The highest BCUT2D eigenvalue weighted by Crippen LogP contribution is 2.41. The largest absolute Gasteiger partial charge is 0.492 e. The molecule has 1 heterocycles. The number of imide groups is 1. The Kier molecular flexibility index (Phi) is 3.98. The molecule has 23 heavy (non-hydrogen) atoms. The third kappa shape index (κ3) is 2.52. The second-order valence-corrected chi connectivity index (χ2v) is 5.18. The van der Waals surface area contributed by atoms with Gasteiger partial charge in [-0.1, -0.05) is 48.5 Å². The monoisotopic (exact) mass is 307 g/mol. The van der Waals surface area contributed by atoms with Gasteiger partial charge in [-0.05, 0) is 13.0 Å². The summed E-state index contributed by atoms with van der Waals surface area (Å²) in [5, 5.41) is 0. The van der Waals surface area contributed by atoms with E-state index in [-0.39, 0.29) is 11.8 Å². The number of ether oxygens (including phenoxy) is 1. The van der Waals surface area contributed by atoms with Crippen LogP contribution in [0.4, 0.5) is 5.69 Å². The van der Waals surface area contributed by atoms with E-state index in [0.717, 1.165) is 11.1 Å². The summed E-state index contributed by atoms with van der Waals surface area (Å²) in [5.41, 5.74) is 2.58. The zero-order valence-electron chi connectivity index (χ0n) is 13.1. The number of para-hydroxylation sites is 1. The highest BCUT2D eigenvalue weighted by atomic mass is 16.5. The van der Waals surface area contributed by atoms with Crippen LogP contribution in [0.3, 0.4) is 0 Å². The molecular formula is C19H17NO3. The molecule has 0 aliphatic carbocycles. The number of rotatable bonds is 3. The minimum Gasteiger partial charge on any atom is -0.492 e. The summed E-state index contributed by atoms with van der Waals surface area (Å²) >= 11 is 0. The van der Waals surface area contributed by atoms with Crippen LogP contribution in [-0.4, -0.2) is 18.4 Å². The SMILES string of the molecule is CCO/C(=C1\C(=O)N(C(C)=O)c2ccccc21)c1ccccc1. The number of carbonyl (C=O) groups excluding carboxylic acids is 2. The van der Waals surface area contributed by atoms with E-state index in [0.29, 0.717) is 23.6 Å². The van der Waals surface area contributed by atoms with Crippen molar-refractivity contribution in [3.8, 4) is 0 Å². The summed E-state index contributed by atoms with van der Waals surface area (Å²) in [6, 6.07) is 16.8. The Labute approximate surface area is 135 Å². The Hall–Kier alpha value is -2.88. The van der Waals surface area contributed by atoms with Crippen LogP contribution in [0, 0.1) is 0 Å². The van der Waals surface area contributed by atoms with Crippen molar-refractivity contribution in [2.45, 2.75) is 13.8 Å². The second kappa shape index (κ2) is 6.08. The van der Waals surface area contributed by atoms with Gasteiger partial charge in [0.1, 0.15) is 5.76 Å². The number of nitrogens with zero attached hydrogens (tertiary/aromatic N) is 1. The molecule has 0 bridgehead atoms. The van der Waals surface area contributed by atoms with Gasteiger partial charge in [-0.2, -0.15) is 0 Å². The third-order valence-electron chi connectivity index (χ3n) is 3.70. The van der Waals surface area contributed by atoms with Gasteiger partial charge in [0.05, 0.1) is 17.9 Å². The van der Waals surface area contributed by atoms with Gasteiger partial charge >= 0.3 is 0 Å². The summed E-state index contributed by atoms with van der Waals surface area (Å²) in [4.78, 5) is 26.0. The maximum atomic E-state index is 12.9. The van der Waals surface area contributed by atoms with Gasteiger partial charge in [0.25, 0.3) is 5.91 Å². The lowest BCUT2D eigenvalue weighted by Crippen LogP contribution is -2.31. The highest BCUT2D eigenvalue weighted by Gasteiger charge is 2.37. The quantitative estimate of drug-likeness (QED) is 0.644. The van der Waals surface area contributed by atoms with E-state index in [9.17, 15) is 9.59 Å². The van der Waals surface area contributed by atoms with E-state index in [1.807, 2.05) is 55.5 Å². The van der Waals surface area contributed by atoms with E-state index in [4.69, 9.17) is 4.74 Å². The molecular weight excluding hydrogens is 290 g/mol. The molecule has 1 aliphatic rings. The van der Waals surface area contributed by atoms with E-state index in [1.165, 1.54) is 11.8 Å². The summed E-state index contributed by atoms with van der Waals surface area (Å²) in [5.74, 6) is -0.137. The number of carbonyl (C=O) groups is 2. The summed E-state index contributed by atoms with van der Waals surface area (Å²) in [7, 11) is 0. The molecule has 3 rings (SSSR count). The van der Waals surface area contributed by atoms with Gasteiger partial charge in [-0.3, -0.25) is 9.59 Å². The molecule has 116 valence electrons. The van der Waals surface area contributed by atoms with Crippen LogP contribution in [0.2, 0.25) is 0 Å². The second-order valence-electron chi connectivity index (χ2n) is 5.18. The smallest absolute Gasteiger partial charge is 0.269 e. The molecule has 0 saturated heterocycles. The maximum absolute atomic E-state index is 12.9. The maximum Gasteiger partial charge on any atom is 0.269 e. The first-order valence-corrected chi connectivity index (χ1v) is 7.52. The molecule has 0 spiro atoms. The highest BCUT2D eigenvalue weighted by molar-refractivity contribution is 6.42. The Bertz CT molecular complexity index is 793. The van der Waals surface area contributed by atoms with Gasteiger partial charge in [-0.25, -0.2) is 4.90 Å². The predicted molar refractivity (Wildman–Crippen MR) is 89.5 cm³/mol. The van der Waals surface area contributed by atoms with Crippen molar-refractivity contribution in [3.63, 3.8) is 0 Å². The van der Waals surface area contributed by atoms with Crippen LogP contribution in [0.5, 0.6) is 0 Å². The normalized spacial score (nSPS) is 15.4.